The van der Waals surface area contributed by atoms with Crippen LogP contribution in [0.25, 0.3) is 0 Å². The molecule has 0 aromatic carbocycles. The van der Waals surface area contributed by atoms with E-state index < -0.39 is 0 Å². The van der Waals surface area contributed by atoms with Crippen molar-refractivity contribution < 1.29 is 4.79 Å². The number of nitrogens with one attached hydrogen (secondary N) is 2. The zero-order valence-electron chi connectivity index (χ0n) is 16.1. The lowest BCUT2D eigenvalue weighted by atomic mass is 10.0. The second kappa shape index (κ2) is 12.1. The third-order valence-corrected chi connectivity index (χ3v) is 4.61. The van der Waals surface area contributed by atoms with Crippen molar-refractivity contribution in [3.8, 4) is 0 Å². The number of nitrogens with zero attached hydrogens (tertiary/aromatic N) is 3. The number of amides is 1. The fraction of sp³-hybridized carbons (Fsp3) is 0.889. The summed E-state index contributed by atoms with van der Waals surface area (Å²) in [4.78, 5) is 20.3. The third kappa shape index (κ3) is 7.99. The summed E-state index contributed by atoms with van der Waals surface area (Å²) in [5, 5.41) is 6.72. The second-order valence-electron chi connectivity index (χ2n) is 6.75. The Labute approximate surface area is 148 Å². The zero-order valence-corrected chi connectivity index (χ0v) is 16.1. The maximum absolute atomic E-state index is 11.7. The Morgan fingerprint density at radius 1 is 1.21 bits per heavy atom. The monoisotopic (exact) mass is 339 g/mol. The van der Waals surface area contributed by atoms with Gasteiger partial charge in [-0.1, -0.05) is 26.7 Å². The molecule has 0 saturated carbocycles. The first-order valence-corrected chi connectivity index (χ1v) is 9.54. The molecule has 0 aliphatic carbocycles. The molecule has 0 spiro atoms. The molecule has 2 N–H and O–H groups in total. The fourth-order valence-corrected chi connectivity index (χ4v) is 2.98. The molecule has 0 aromatic heterocycles. The van der Waals surface area contributed by atoms with Gasteiger partial charge in [0.25, 0.3) is 0 Å². The van der Waals surface area contributed by atoms with Crippen molar-refractivity contribution in [2.75, 3.05) is 46.8 Å². The molecule has 1 atom stereocenters. The van der Waals surface area contributed by atoms with E-state index in [0.29, 0.717) is 0 Å². The molecule has 140 valence electrons. The van der Waals surface area contributed by atoms with Crippen LogP contribution in [0.2, 0.25) is 0 Å². The minimum Gasteiger partial charge on any atom is -0.356 e. The Morgan fingerprint density at radius 3 is 2.62 bits per heavy atom. The molecule has 1 rings (SSSR count). The molecule has 1 aliphatic heterocycles. The van der Waals surface area contributed by atoms with E-state index in [1.807, 2.05) is 0 Å². The summed E-state index contributed by atoms with van der Waals surface area (Å²) in [5.74, 6) is 0.775. The molecule has 1 heterocycles. The van der Waals surface area contributed by atoms with E-state index in [0.717, 1.165) is 44.5 Å². The summed E-state index contributed by atoms with van der Waals surface area (Å²) in [6.45, 7) is 8.63. The second-order valence-corrected chi connectivity index (χ2v) is 6.75. The van der Waals surface area contributed by atoms with Crippen molar-refractivity contribution in [2.45, 2.75) is 58.4 Å². The normalized spacial score (nSPS) is 19.2. The van der Waals surface area contributed by atoms with Gasteiger partial charge in [-0.2, -0.15) is 0 Å². The summed E-state index contributed by atoms with van der Waals surface area (Å²) in [7, 11) is 3.52. The molecule has 1 aliphatic rings. The Kier molecular flexibility index (Phi) is 10.5. The number of guanidine groups is 1. The maximum Gasteiger partial charge on any atom is 0.243 e. The number of unbranched alkanes of at least 4 members (excludes halogenated alkanes) is 1. The lowest BCUT2D eigenvalue weighted by molar-refractivity contribution is -0.127. The first-order chi connectivity index (χ1) is 11.6. The Morgan fingerprint density at radius 2 is 1.96 bits per heavy atom. The van der Waals surface area contributed by atoms with Crippen molar-refractivity contribution in [2.24, 2.45) is 4.99 Å². The average molecular weight is 340 g/mol. The minimum absolute atomic E-state index is 0.0219. The molecule has 6 heteroatoms. The van der Waals surface area contributed by atoms with Crippen LogP contribution in [0.1, 0.15) is 52.4 Å². The van der Waals surface area contributed by atoms with Gasteiger partial charge in [0.15, 0.2) is 5.96 Å². The van der Waals surface area contributed by atoms with E-state index in [9.17, 15) is 4.79 Å². The molecule has 0 aromatic rings. The Balaban J connectivity index is 2.44. The van der Waals surface area contributed by atoms with Crippen molar-refractivity contribution >= 4 is 11.9 Å². The van der Waals surface area contributed by atoms with E-state index in [1.54, 1.807) is 19.0 Å². The molecular formula is C18H37N5O. The van der Waals surface area contributed by atoms with E-state index in [-0.39, 0.29) is 12.5 Å². The smallest absolute Gasteiger partial charge is 0.243 e. The molecule has 1 amide bonds. The van der Waals surface area contributed by atoms with Gasteiger partial charge in [0.05, 0.1) is 0 Å². The number of hydrogen-bond acceptors (Lipinski definition) is 3. The van der Waals surface area contributed by atoms with Crippen LogP contribution in [0, 0.1) is 0 Å². The van der Waals surface area contributed by atoms with Crippen LogP contribution in [0.5, 0.6) is 0 Å². The Bertz CT molecular complexity index is 384. The number of carbonyl (C=O) groups is 1. The maximum atomic E-state index is 11.7. The molecule has 0 radical (unpaired) electrons. The highest BCUT2D eigenvalue weighted by Crippen LogP contribution is 2.18. The van der Waals surface area contributed by atoms with Crippen LogP contribution in [-0.2, 0) is 4.79 Å². The van der Waals surface area contributed by atoms with Crippen molar-refractivity contribution in [1.29, 1.82) is 0 Å². The first kappa shape index (κ1) is 20.7. The zero-order chi connectivity index (χ0) is 17.8. The number of carbonyl (C=O) groups excluding carboxylic acids is 1. The first-order valence-electron chi connectivity index (χ1n) is 9.54. The lowest BCUT2D eigenvalue weighted by Gasteiger charge is -2.35. The van der Waals surface area contributed by atoms with E-state index in [1.165, 1.54) is 32.2 Å². The lowest BCUT2D eigenvalue weighted by Crippen LogP contribution is -2.46. The van der Waals surface area contributed by atoms with Crippen LogP contribution in [-0.4, -0.2) is 74.5 Å². The fourth-order valence-electron chi connectivity index (χ4n) is 2.98. The standard InChI is InChI=1S/C18H37N5O/c1-5-7-11-19-18(21-15-17(24)22(3)4)20-12-14-23-13-9-8-10-16(23)6-2/h16H,5-15H2,1-4H3,(H2,19,20,21). The molecule has 1 fully saturated rings. The highest BCUT2D eigenvalue weighted by molar-refractivity contribution is 5.84. The number of aliphatic imine (C=N–C) groups is 1. The average Bonchev–Trinajstić information content (AvgIpc) is 2.59. The molecule has 1 unspecified atom stereocenters. The van der Waals surface area contributed by atoms with Crippen LogP contribution < -0.4 is 10.6 Å². The minimum atomic E-state index is 0.0219. The van der Waals surface area contributed by atoms with Crippen LogP contribution in [0.3, 0.4) is 0 Å². The van der Waals surface area contributed by atoms with Gasteiger partial charge in [-0.05, 0) is 32.2 Å². The van der Waals surface area contributed by atoms with Gasteiger partial charge in [-0.15, -0.1) is 0 Å². The van der Waals surface area contributed by atoms with Crippen LogP contribution in [0.4, 0.5) is 0 Å². The number of piperidine rings is 1. The molecule has 1 saturated heterocycles. The highest BCUT2D eigenvalue weighted by atomic mass is 16.2. The summed E-state index contributed by atoms with van der Waals surface area (Å²) in [5.41, 5.74) is 0. The summed E-state index contributed by atoms with van der Waals surface area (Å²) >= 11 is 0. The van der Waals surface area contributed by atoms with Crippen molar-refractivity contribution in [3.63, 3.8) is 0 Å². The summed E-state index contributed by atoms with van der Waals surface area (Å²) < 4.78 is 0. The Hall–Kier alpha value is -1.30. The largest absolute Gasteiger partial charge is 0.356 e. The van der Waals surface area contributed by atoms with Crippen LogP contribution in [0.15, 0.2) is 4.99 Å². The molecular weight excluding hydrogens is 302 g/mol. The van der Waals surface area contributed by atoms with E-state index >= 15 is 0 Å². The van der Waals surface area contributed by atoms with Gasteiger partial charge >= 0.3 is 0 Å². The number of hydrogen-bond donors (Lipinski definition) is 2. The predicted molar refractivity (Wildman–Crippen MR) is 101 cm³/mol. The van der Waals surface area contributed by atoms with Gasteiger partial charge in [0.1, 0.15) is 6.54 Å². The van der Waals surface area contributed by atoms with Gasteiger partial charge < -0.3 is 15.5 Å². The highest BCUT2D eigenvalue weighted by Gasteiger charge is 2.19. The van der Waals surface area contributed by atoms with E-state index in [4.69, 9.17) is 0 Å². The van der Waals surface area contributed by atoms with Gasteiger partial charge in [-0.3, -0.25) is 9.69 Å². The predicted octanol–water partition coefficient (Wildman–Crippen LogP) is 1.67. The van der Waals surface area contributed by atoms with Crippen LogP contribution >= 0.6 is 0 Å². The van der Waals surface area contributed by atoms with E-state index in [2.05, 4.69) is 34.4 Å². The van der Waals surface area contributed by atoms with Gasteiger partial charge in [-0.25, -0.2) is 4.99 Å². The molecule has 6 nitrogen and oxygen atoms in total. The number of rotatable bonds is 9. The number of likely N-dealkylation sites (tertiary alicyclic amines) is 1. The topological polar surface area (TPSA) is 60.0 Å². The van der Waals surface area contributed by atoms with Crippen molar-refractivity contribution in [1.82, 2.24) is 20.4 Å². The SMILES string of the molecule is CCCCNC(=NCC(=O)N(C)C)NCCN1CCCCC1CC. The van der Waals surface area contributed by atoms with Crippen molar-refractivity contribution in [3.05, 3.63) is 0 Å². The third-order valence-electron chi connectivity index (χ3n) is 4.61. The summed E-state index contributed by atoms with van der Waals surface area (Å²) in [6, 6.07) is 0.726. The number of likely N-dealkylation sites (N-methyl/N-ethyl adjacent to an activating group) is 1. The summed E-state index contributed by atoms with van der Waals surface area (Å²) in [6.07, 6.45) is 7.47. The van der Waals surface area contributed by atoms with Gasteiger partial charge in [0.2, 0.25) is 5.91 Å². The molecule has 24 heavy (non-hydrogen) atoms. The molecule has 0 bridgehead atoms. The quantitative estimate of drug-likeness (QED) is 0.381. The van der Waals surface area contributed by atoms with Gasteiger partial charge in [0, 0.05) is 39.8 Å².